The molecular formula is C15H18N4O2. The lowest BCUT2D eigenvalue weighted by atomic mass is 10.2. The molecule has 1 fully saturated rings. The highest BCUT2D eigenvalue weighted by molar-refractivity contribution is 5.93. The fraction of sp³-hybridized carbons (Fsp3) is 0.333. The first-order valence-corrected chi connectivity index (χ1v) is 6.99. The second kappa shape index (κ2) is 6.07. The van der Waals surface area contributed by atoms with Gasteiger partial charge >= 0.3 is 0 Å². The zero-order valence-corrected chi connectivity index (χ0v) is 11.7. The largest absolute Gasteiger partial charge is 0.373 e. The summed E-state index contributed by atoms with van der Waals surface area (Å²) in [6, 6.07) is 9.71. The monoisotopic (exact) mass is 286 g/mol. The summed E-state index contributed by atoms with van der Waals surface area (Å²) in [5.41, 5.74) is 7.11. The van der Waals surface area contributed by atoms with E-state index < -0.39 is 0 Å². The minimum atomic E-state index is -0.0770. The lowest BCUT2D eigenvalue weighted by molar-refractivity contribution is -0.0167. The summed E-state index contributed by atoms with van der Waals surface area (Å²) < 4.78 is 7.18. The molecule has 2 aromatic rings. The maximum absolute atomic E-state index is 12.5. The first-order chi connectivity index (χ1) is 10.3. The molecule has 1 aromatic heterocycles. The van der Waals surface area contributed by atoms with Crippen molar-refractivity contribution in [1.82, 2.24) is 14.7 Å². The number of para-hydroxylation sites is 1. The van der Waals surface area contributed by atoms with E-state index in [0.717, 1.165) is 5.69 Å². The van der Waals surface area contributed by atoms with E-state index in [-0.39, 0.29) is 12.0 Å². The SMILES string of the molecule is NCC1CN(C(=O)c2cnn(-c3ccccc3)c2)CCO1. The lowest BCUT2D eigenvalue weighted by Crippen LogP contribution is -2.48. The van der Waals surface area contributed by atoms with Crippen LogP contribution >= 0.6 is 0 Å². The maximum atomic E-state index is 12.5. The van der Waals surface area contributed by atoms with Crippen LogP contribution in [0.3, 0.4) is 0 Å². The maximum Gasteiger partial charge on any atom is 0.257 e. The number of ether oxygens (including phenoxy) is 1. The summed E-state index contributed by atoms with van der Waals surface area (Å²) in [6.45, 7) is 2.07. The van der Waals surface area contributed by atoms with Gasteiger partial charge in [-0.05, 0) is 12.1 Å². The predicted molar refractivity (Wildman–Crippen MR) is 78.3 cm³/mol. The van der Waals surface area contributed by atoms with E-state index >= 15 is 0 Å². The number of benzene rings is 1. The Balaban J connectivity index is 1.75. The highest BCUT2D eigenvalue weighted by Gasteiger charge is 2.25. The first-order valence-electron chi connectivity index (χ1n) is 6.99. The number of hydrogen-bond donors (Lipinski definition) is 1. The van der Waals surface area contributed by atoms with Crippen molar-refractivity contribution in [2.75, 3.05) is 26.2 Å². The molecule has 1 amide bonds. The van der Waals surface area contributed by atoms with Crippen LogP contribution in [-0.2, 0) is 4.74 Å². The zero-order chi connectivity index (χ0) is 14.7. The molecule has 2 N–H and O–H groups in total. The number of morpholine rings is 1. The number of aromatic nitrogens is 2. The van der Waals surface area contributed by atoms with Crippen LogP contribution < -0.4 is 5.73 Å². The minimum absolute atomic E-state index is 0.0288. The number of carbonyl (C=O) groups is 1. The lowest BCUT2D eigenvalue weighted by Gasteiger charge is -2.32. The van der Waals surface area contributed by atoms with Gasteiger partial charge in [0.25, 0.3) is 5.91 Å². The molecule has 1 unspecified atom stereocenters. The van der Waals surface area contributed by atoms with Gasteiger partial charge in [-0.15, -0.1) is 0 Å². The van der Waals surface area contributed by atoms with Crippen LogP contribution in [0.2, 0.25) is 0 Å². The van der Waals surface area contributed by atoms with Gasteiger partial charge in [-0.3, -0.25) is 4.79 Å². The Labute approximate surface area is 123 Å². The number of nitrogens with zero attached hydrogens (tertiary/aromatic N) is 3. The van der Waals surface area contributed by atoms with E-state index in [9.17, 15) is 4.79 Å². The van der Waals surface area contributed by atoms with E-state index in [1.54, 1.807) is 22.0 Å². The summed E-state index contributed by atoms with van der Waals surface area (Å²) in [6.07, 6.45) is 3.28. The summed E-state index contributed by atoms with van der Waals surface area (Å²) in [5, 5.41) is 4.25. The van der Waals surface area contributed by atoms with Crippen LogP contribution in [0.1, 0.15) is 10.4 Å². The van der Waals surface area contributed by atoms with Crippen molar-refractivity contribution in [3.8, 4) is 5.69 Å². The van der Waals surface area contributed by atoms with Crippen molar-refractivity contribution >= 4 is 5.91 Å². The fourth-order valence-electron chi connectivity index (χ4n) is 2.38. The van der Waals surface area contributed by atoms with Gasteiger partial charge in [0.2, 0.25) is 0 Å². The van der Waals surface area contributed by atoms with Crippen LogP contribution in [0.25, 0.3) is 5.69 Å². The van der Waals surface area contributed by atoms with Gasteiger partial charge in [-0.2, -0.15) is 5.10 Å². The Morgan fingerprint density at radius 2 is 2.19 bits per heavy atom. The number of hydrogen-bond acceptors (Lipinski definition) is 4. The molecule has 0 aliphatic carbocycles. The van der Waals surface area contributed by atoms with Gasteiger partial charge in [-0.25, -0.2) is 4.68 Å². The summed E-state index contributed by atoms with van der Waals surface area (Å²) in [5.74, 6) is -0.0288. The summed E-state index contributed by atoms with van der Waals surface area (Å²) in [7, 11) is 0. The molecule has 0 bridgehead atoms. The summed E-state index contributed by atoms with van der Waals surface area (Å²) in [4.78, 5) is 14.3. The average Bonchev–Trinajstić information content (AvgIpc) is 3.05. The predicted octanol–water partition coefficient (Wildman–Crippen LogP) is 0.672. The van der Waals surface area contributed by atoms with Crippen molar-refractivity contribution in [2.45, 2.75) is 6.10 Å². The Morgan fingerprint density at radius 3 is 2.95 bits per heavy atom. The van der Waals surface area contributed by atoms with Gasteiger partial charge in [0.05, 0.1) is 30.2 Å². The van der Waals surface area contributed by atoms with Crippen molar-refractivity contribution in [1.29, 1.82) is 0 Å². The molecule has 0 spiro atoms. The van der Waals surface area contributed by atoms with Gasteiger partial charge in [0.15, 0.2) is 0 Å². The molecule has 1 aliphatic heterocycles. The molecule has 1 atom stereocenters. The quantitative estimate of drug-likeness (QED) is 0.900. The van der Waals surface area contributed by atoms with Crippen LogP contribution in [0.15, 0.2) is 42.7 Å². The third-order valence-electron chi connectivity index (χ3n) is 3.54. The summed E-state index contributed by atoms with van der Waals surface area (Å²) >= 11 is 0. The zero-order valence-electron chi connectivity index (χ0n) is 11.7. The Hall–Kier alpha value is -2.18. The fourth-order valence-corrected chi connectivity index (χ4v) is 2.38. The van der Waals surface area contributed by atoms with Crippen molar-refractivity contribution in [3.63, 3.8) is 0 Å². The number of carbonyl (C=O) groups excluding carboxylic acids is 1. The molecule has 1 saturated heterocycles. The standard InChI is InChI=1S/C15H18N4O2/c16-8-14-11-18(6-7-21-14)15(20)12-9-17-19(10-12)13-4-2-1-3-5-13/h1-5,9-10,14H,6-8,11,16H2. The Bertz CT molecular complexity index is 611. The first kappa shape index (κ1) is 13.8. The molecule has 6 heteroatoms. The molecule has 110 valence electrons. The molecule has 6 nitrogen and oxygen atoms in total. The van der Waals surface area contributed by atoms with Crippen LogP contribution in [0.5, 0.6) is 0 Å². The van der Waals surface area contributed by atoms with E-state index in [1.807, 2.05) is 30.3 Å². The van der Waals surface area contributed by atoms with Gasteiger partial charge in [0.1, 0.15) is 0 Å². The normalized spacial score (nSPS) is 18.7. The molecule has 1 aromatic carbocycles. The van der Waals surface area contributed by atoms with E-state index in [0.29, 0.717) is 31.8 Å². The minimum Gasteiger partial charge on any atom is -0.373 e. The molecule has 21 heavy (non-hydrogen) atoms. The van der Waals surface area contributed by atoms with Crippen molar-refractivity contribution < 1.29 is 9.53 Å². The molecule has 0 radical (unpaired) electrons. The third-order valence-corrected chi connectivity index (χ3v) is 3.54. The van der Waals surface area contributed by atoms with Gasteiger partial charge in [0, 0.05) is 25.8 Å². The molecule has 1 aliphatic rings. The third kappa shape index (κ3) is 2.96. The van der Waals surface area contributed by atoms with Gasteiger partial charge in [-0.1, -0.05) is 18.2 Å². The van der Waals surface area contributed by atoms with Crippen LogP contribution in [0, 0.1) is 0 Å². The molecule has 0 saturated carbocycles. The van der Waals surface area contributed by atoms with Crippen LogP contribution in [0.4, 0.5) is 0 Å². The molecular weight excluding hydrogens is 268 g/mol. The highest BCUT2D eigenvalue weighted by Crippen LogP contribution is 2.12. The number of amides is 1. The second-order valence-electron chi connectivity index (χ2n) is 4.99. The second-order valence-corrected chi connectivity index (χ2v) is 4.99. The smallest absolute Gasteiger partial charge is 0.257 e. The van der Waals surface area contributed by atoms with E-state index in [4.69, 9.17) is 10.5 Å². The van der Waals surface area contributed by atoms with Gasteiger partial charge < -0.3 is 15.4 Å². The molecule has 2 heterocycles. The molecule has 3 rings (SSSR count). The Kier molecular flexibility index (Phi) is 3.98. The number of rotatable bonds is 3. The topological polar surface area (TPSA) is 73.4 Å². The van der Waals surface area contributed by atoms with Crippen LogP contribution in [-0.4, -0.2) is 52.9 Å². The number of nitrogens with two attached hydrogens (primary N) is 1. The average molecular weight is 286 g/mol. The van der Waals surface area contributed by atoms with Crippen molar-refractivity contribution in [3.05, 3.63) is 48.3 Å². The van der Waals surface area contributed by atoms with E-state index in [2.05, 4.69) is 5.10 Å². The van der Waals surface area contributed by atoms with E-state index in [1.165, 1.54) is 0 Å². The Morgan fingerprint density at radius 1 is 1.38 bits per heavy atom. The highest BCUT2D eigenvalue weighted by atomic mass is 16.5. The van der Waals surface area contributed by atoms with Crippen molar-refractivity contribution in [2.24, 2.45) is 5.73 Å².